The first-order chi connectivity index (χ1) is 69.8. The SMILES string of the molecule is c1ccc(-c2cc(-c3ccc4ccccc4c3)nc(-c3ccc4c(ccc5ccc6nc(-c7ccccc7)sc6c54)c3)n2)cc1.c1ccc(-c2cccc(-c3cc(-c4ccccc4)nc(-c4ccc5c(ccc6ccc7nc(-c8ccccc8)sc7c65)c4)n3)c2)cc1.c1ccc(-c2nc3ccc4ccc5cc(-c6nc(-c7ccc8ccccc8c7)cc(-c7ccc8ccccc8c7)n6)ccc5c4c3s2)cc1. The Morgan fingerprint density at radius 3 is 0.674 bits per heavy atom. The molecule has 0 fully saturated rings. The van der Waals surface area contributed by atoms with Crippen molar-refractivity contribution in [1.29, 1.82) is 0 Å². The van der Waals surface area contributed by atoms with E-state index in [0.29, 0.717) is 17.5 Å². The van der Waals surface area contributed by atoms with Crippen LogP contribution >= 0.6 is 34.0 Å². The van der Waals surface area contributed by atoms with Gasteiger partial charge in [-0.1, -0.05) is 400 Å². The highest BCUT2D eigenvalue weighted by molar-refractivity contribution is 7.23. The normalized spacial score (nSPS) is 11.5. The Kier molecular flexibility index (Phi) is 21.3. The monoisotopic (exact) mass is 1850 g/mol. The summed E-state index contributed by atoms with van der Waals surface area (Å²) in [6, 6.07) is 168. The first-order valence-electron chi connectivity index (χ1n) is 47.1. The lowest BCUT2D eigenvalue weighted by atomic mass is 9.99. The van der Waals surface area contributed by atoms with E-state index >= 15 is 0 Å². The lowest BCUT2D eigenvalue weighted by Crippen LogP contribution is -1.96. The average Bonchev–Trinajstić information content (AvgIpc) is 1.70. The number of fused-ring (bicyclic) bond motifs is 18. The second-order valence-corrected chi connectivity index (χ2v) is 38.4. The van der Waals surface area contributed by atoms with Gasteiger partial charge in [-0.2, -0.15) is 0 Å². The number of hydrogen-bond acceptors (Lipinski definition) is 12. The molecule has 0 bridgehead atoms. The van der Waals surface area contributed by atoms with E-state index in [2.05, 4.69) is 443 Å². The van der Waals surface area contributed by atoms with Crippen molar-refractivity contribution in [3.8, 4) is 145 Å². The molecule has 0 aliphatic rings. The zero-order chi connectivity index (χ0) is 93.2. The molecular formula is C129H79N9S3. The average molecular weight is 1850 g/mol. The second-order valence-electron chi connectivity index (χ2n) is 35.4. The standard InChI is InChI=1S/C45H27N3S.C43H27N3S.C41H25N3S/c1-2-10-31(11-3-1)45-48-39-23-21-30-16-17-34-26-37(20-22-38(34)42(30)43(39)49-45)44-46-40(35-18-14-28-8-4-6-12-32(28)24-35)27-41(47-44)36-19-15-29-9-5-7-13-33(29)25-36;1-4-11-28(12-5-1)32-17-10-18-34(25-32)39-27-38(29-13-6-2-7-14-29)44-42(45-39)35-21-23-36-33(26-35)20-19-30-22-24-37-41(40(30)36)47-43(46-37)31-15-8-3-9-16-31;1-3-10-27(11-4-1)36-25-37(32-18-15-26-9-7-8-14-30(26)23-32)43-40(42-36)33-19-21-34-31(24-33)17-16-28-20-22-35-39(38(28)34)45-41(44-35)29-12-5-2-6-13-29/h1-27H;1-27H;1-25H. The Morgan fingerprint density at radius 2 is 0.355 bits per heavy atom. The molecule has 0 radical (unpaired) electrons. The summed E-state index contributed by atoms with van der Waals surface area (Å²) < 4.78 is 3.64. The Balaban J connectivity index is 0.000000109. The van der Waals surface area contributed by atoms with Crippen LogP contribution in [0.5, 0.6) is 0 Å². The third-order valence-electron chi connectivity index (χ3n) is 26.6. The third-order valence-corrected chi connectivity index (χ3v) is 30.0. The molecule has 141 heavy (non-hydrogen) atoms. The minimum absolute atomic E-state index is 0.704. The summed E-state index contributed by atoms with van der Waals surface area (Å²) in [5.74, 6) is 2.12. The minimum Gasteiger partial charge on any atom is -0.236 e. The number of aromatic nitrogens is 9. The van der Waals surface area contributed by atoms with Crippen LogP contribution in [0.4, 0.5) is 0 Å². The zero-order valence-electron chi connectivity index (χ0n) is 75.9. The van der Waals surface area contributed by atoms with Crippen molar-refractivity contribution in [1.82, 2.24) is 44.9 Å². The van der Waals surface area contributed by atoms with Gasteiger partial charge in [0.1, 0.15) is 15.0 Å². The lowest BCUT2D eigenvalue weighted by Gasteiger charge is -2.12. The molecule has 0 spiro atoms. The maximum Gasteiger partial charge on any atom is 0.160 e. The van der Waals surface area contributed by atoms with Crippen molar-refractivity contribution < 1.29 is 0 Å². The van der Waals surface area contributed by atoms with Gasteiger partial charge in [0.15, 0.2) is 17.5 Å². The van der Waals surface area contributed by atoms with E-state index in [1.54, 1.807) is 34.0 Å². The molecule has 12 heteroatoms. The van der Waals surface area contributed by atoms with E-state index in [9.17, 15) is 0 Å². The number of nitrogens with zero attached hydrogens (tertiary/aromatic N) is 9. The molecular weight excluding hydrogens is 1770 g/mol. The van der Waals surface area contributed by atoms with Gasteiger partial charge in [0, 0.05) is 82.9 Å². The molecule has 6 aromatic heterocycles. The van der Waals surface area contributed by atoms with Crippen molar-refractivity contribution in [3.05, 3.63) is 479 Å². The van der Waals surface area contributed by atoms with Crippen LogP contribution in [-0.4, -0.2) is 44.9 Å². The maximum atomic E-state index is 5.21. The van der Waals surface area contributed by atoms with Crippen molar-refractivity contribution in [2.75, 3.05) is 0 Å². The van der Waals surface area contributed by atoms with Crippen LogP contribution in [-0.2, 0) is 0 Å². The van der Waals surface area contributed by atoms with Crippen molar-refractivity contribution in [2.24, 2.45) is 0 Å². The number of thiazole rings is 3. The summed E-state index contributed by atoms with van der Waals surface area (Å²) in [4.78, 5) is 46.0. The van der Waals surface area contributed by atoms with Gasteiger partial charge in [0.05, 0.1) is 64.8 Å². The topological polar surface area (TPSA) is 116 Å². The zero-order valence-corrected chi connectivity index (χ0v) is 78.3. The molecule has 6 heterocycles. The molecule has 9 nitrogen and oxygen atoms in total. The molecule has 0 saturated carbocycles. The Bertz CT molecular complexity index is 9660. The summed E-state index contributed by atoms with van der Waals surface area (Å²) in [5, 5.41) is 24.8. The predicted octanol–water partition coefficient (Wildman–Crippen LogP) is 35.3. The smallest absolute Gasteiger partial charge is 0.160 e. The van der Waals surface area contributed by atoms with Crippen LogP contribution in [0.3, 0.4) is 0 Å². The van der Waals surface area contributed by atoms with Gasteiger partial charge in [-0.15, -0.1) is 34.0 Å². The fraction of sp³-hybridized carbons (Fsp3) is 0. The quantitative estimate of drug-likeness (QED) is 0.104. The molecule has 0 aliphatic heterocycles. The molecule has 0 saturated heterocycles. The lowest BCUT2D eigenvalue weighted by molar-refractivity contribution is 1.18. The van der Waals surface area contributed by atoms with Crippen LogP contribution < -0.4 is 0 Å². The molecule has 658 valence electrons. The van der Waals surface area contributed by atoms with Crippen LogP contribution in [0.2, 0.25) is 0 Å². The maximum absolute atomic E-state index is 5.21. The Hall–Kier alpha value is -17.9. The van der Waals surface area contributed by atoms with Crippen molar-refractivity contribution >= 4 is 162 Å². The van der Waals surface area contributed by atoms with Gasteiger partial charge in [0.25, 0.3) is 0 Å². The highest BCUT2D eigenvalue weighted by Crippen LogP contribution is 2.46. The largest absolute Gasteiger partial charge is 0.236 e. The van der Waals surface area contributed by atoms with E-state index in [-0.39, 0.29) is 0 Å². The van der Waals surface area contributed by atoms with E-state index in [4.69, 9.17) is 44.9 Å². The summed E-state index contributed by atoms with van der Waals surface area (Å²) in [6.07, 6.45) is 0. The molecule has 0 aliphatic carbocycles. The molecule has 28 aromatic rings. The van der Waals surface area contributed by atoms with Gasteiger partial charge in [0.2, 0.25) is 0 Å². The van der Waals surface area contributed by atoms with Gasteiger partial charge in [-0.25, -0.2) is 44.9 Å². The number of hydrogen-bond donors (Lipinski definition) is 0. The van der Waals surface area contributed by atoms with Gasteiger partial charge >= 0.3 is 0 Å². The summed E-state index contributed by atoms with van der Waals surface area (Å²) >= 11 is 5.28. The molecule has 0 atom stereocenters. The van der Waals surface area contributed by atoms with Crippen LogP contribution in [0.25, 0.3) is 272 Å². The van der Waals surface area contributed by atoms with E-state index in [1.165, 1.54) is 100 Å². The van der Waals surface area contributed by atoms with Crippen LogP contribution in [0.15, 0.2) is 479 Å². The minimum atomic E-state index is 0.704. The fourth-order valence-corrected chi connectivity index (χ4v) is 22.9. The molecule has 0 unspecified atom stereocenters. The molecule has 0 N–H and O–H groups in total. The van der Waals surface area contributed by atoms with E-state index in [1.807, 2.05) is 36.4 Å². The molecule has 0 amide bonds. The summed E-state index contributed by atoms with van der Waals surface area (Å²) in [7, 11) is 0. The van der Waals surface area contributed by atoms with Gasteiger partial charge in [-0.3, -0.25) is 0 Å². The van der Waals surface area contributed by atoms with E-state index < -0.39 is 0 Å². The predicted molar refractivity (Wildman–Crippen MR) is 594 cm³/mol. The summed E-state index contributed by atoms with van der Waals surface area (Å²) in [5.41, 5.74) is 23.6. The first kappa shape index (κ1) is 83.7. The van der Waals surface area contributed by atoms with Crippen molar-refractivity contribution in [3.63, 3.8) is 0 Å². The third kappa shape index (κ3) is 16.3. The highest BCUT2D eigenvalue weighted by atomic mass is 32.1. The summed E-state index contributed by atoms with van der Waals surface area (Å²) in [6.45, 7) is 0. The second kappa shape index (κ2) is 36.0. The fourth-order valence-electron chi connectivity index (χ4n) is 19.5. The van der Waals surface area contributed by atoms with E-state index in [0.717, 1.165) is 154 Å². The van der Waals surface area contributed by atoms with Crippen LogP contribution in [0.1, 0.15) is 0 Å². The van der Waals surface area contributed by atoms with Crippen molar-refractivity contribution in [2.45, 2.75) is 0 Å². The van der Waals surface area contributed by atoms with Crippen LogP contribution in [0, 0.1) is 0 Å². The van der Waals surface area contributed by atoms with Gasteiger partial charge < -0.3 is 0 Å². The Labute approximate surface area is 823 Å². The number of benzene rings is 22. The molecule has 22 aromatic carbocycles. The molecule has 28 rings (SSSR count). The Morgan fingerprint density at radius 1 is 0.128 bits per heavy atom. The van der Waals surface area contributed by atoms with Gasteiger partial charge in [-0.05, 0) is 171 Å². The number of rotatable bonds is 13. The highest BCUT2D eigenvalue weighted by Gasteiger charge is 2.22. The first-order valence-corrected chi connectivity index (χ1v) is 49.6.